The first-order chi connectivity index (χ1) is 6.34. The summed E-state index contributed by atoms with van der Waals surface area (Å²) in [6, 6.07) is -2.43. The van der Waals surface area contributed by atoms with E-state index in [2.05, 4.69) is 5.10 Å². The van der Waals surface area contributed by atoms with Crippen LogP contribution in [0, 0.1) is 10.1 Å². The van der Waals surface area contributed by atoms with E-state index >= 15 is 0 Å². The van der Waals surface area contributed by atoms with Gasteiger partial charge in [0.2, 0.25) is 0 Å². The second-order valence-electron chi connectivity index (χ2n) is 2.45. The summed E-state index contributed by atoms with van der Waals surface area (Å²) in [5.74, 6) is 0. The van der Waals surface area contributed by atoms with Crippen LogP contribution in [0.4, 0.5) is 18.9 Å². The van der Waals surface area contributed by atoms with Crippen molar-refractivity contribution in [2.75, 3.05) is 0 Å². The van der Waals surface area contributed by atoms with Gasteiger partial charge in [0.25, 0.3) is 0 Å². The van der Waals surface area contributed by atoms with Crippen LogP contribution in [-0.4, -0.2) is 21.3 Å². The van der Waals surface area contributed by atoms with Gasteiger partial charge in [0.15, 0.2) is 6.04 Å². The van der Waals surface area contributed by atoms with E-state index < -0.39 is 28.5 Å². The van der Waals surface area contributed by atoms with Gasteiger partial charge in [0, 0.05) is 0 Å². The highest BCUT2D eigenvalue weighted by atomic mass is 19.4. The molecule has 0 spiro atoms. The van der Waals surface area contributed by atoms with Gasteiger partial charge in [0.05, 0.1) is 4.92 Å². The fraction of sp³-hybridized carbons (Fsp3) is 0.400. The van der Waals surface area contributed by atoms with Crippen LogP contribution in [0.1, 0.15) is 11.7 Å². The largest absolute Gasteiger partial charge is 0.409 e. The van der Waals surface area contributed by atoms with Crippen molar-refractivity contribution >= 4 is 5.69 Å². The summed E-state index contributed by atoms with van der Waals surface area (Å²) in [7, 11) is 0. The van der Waals surface area contributed by atoms with Gasteiger partial charge in [-0.15, -0.1) is 0 Å². The lowest BCUT2D eigenvalue weighted by Crippen LogP contribution is -2.29. The van der Waals surface area contributed by atoms with E-state index in [4.69, 9.17) is 5.73 Å². The Hall–Kier alpha value is -1.64. The summed E-state index contributed by atoms with van der Waals surface area (Å²) in [5, 5.41) is 15.2. The molecule has 0 saturated carbocycles. The average molecular weight is 210 g/mol. The molecule has 6 nitrogen and oxygen atoms in total. The minimum atomic E-state index is -4.74. The van der Waals surface area contributed by atoms with Crippen molar-refractivity contribution in [1.82, 2.24) is 10.2 Å². The molecule has 0 aliphatic heterocycles. The standard InChI is InChI=1S/C5H5F3N4O2/c6-5(7,8)4(9)3-2(12(13)14)1-10-11-3/h1,4H,9H2,(H,10,11). The molecule has 3 N–H and O–H groups in total. The molecule has 1 rings (SSSR count). The van der Waals surface area contributed by atoms with Crippen molar-refractivity contribution in [3.63, 3.8) is 0 Å². The number of halogens is 3. The third-order valence-electron chi connectivity index (χ3n) is 1.51. The molecule has 1 unspecified atom stereocenters. The second-order valence-corrected chi connectivity index (χ2v) is 2.45. The van der Waals surface area contributed by atoms with E-state index in [1.54, 1.807) is 0 Å². The molecule has 78 valence electrons. The number of hydrogen-bond donors (Lipinski definition) is 2. The highest BCUT2D eigenvalue weighted by Crippen LogP contribution is 2.33. The van der Waals surface area contributed by atoms with Crippen molar-refractivity contribution in [3.8, 4) is 0 Å². The fourth-order valence-corrected chi connectivity index (χ4v) is 0.828. The minimum absolute atomic E-state index is 0.681. The Labute approximate surface area is 75.0 Å². The van der Waals surface area contributed by atoms with Crippen LogP contribution in [0.15, 0.2) is 6.20 Å². The Balaban J connectivity index is 3.07. The molecule has 9 heteroatoms. The van der Waals surface area contributed by atoms with Crippen molar-refractivity contribution < 1.29 is 18.1 Å². The monoisotopic (exact) mass is 210 g/mol. The van der Waals surface area contributed by atoms with Gasteiger partial charge in [-0.3, -0.25) is 15.2 Å². The van der Waals surface area contributed by atoms with Crippen molar-refractivity contribution in [2.45, 2.75) is 12.2 Å². The zero-order valence-electron chi connectivity index (χ0n) is 6.58. The van der Waals surface area contributed by atoms with Crippen LogP contribution in [0.5, 0.6) is 0 Å². The molecule has 0 radical (unpaired) electrons. The quantitative estimate of drug-likeness (QED) is 0.559. The van der Waals surface area contributed by atoms with Crippen LogP contribution in [-0.2, 0) is 0 Å². The van der Waals surface area contributed by atoms with Crippen LogP contribution in [0.2, 0.25) is 0 Å². The maximum Gasteiger partial charge on any atom is 0.409 e. The number of nitrogens with two attached hydrogens (primary N) is 1. The smallest absolute Gasteiger partial charge is 0.315 e. The Morgan fingerprint density at radius 3 is 2.64 bits per heavy atom. The van der Waals surface area contributed by atoms with Crippen LogP contribution in [0.3, 0.4) is 0 Å². The summed E-state index contributed by atoms with van der Waals surface area (Å²) in [6.07, 6.45) is -4.06. The highest BCUT2D eigenvalue weighted by molar-refractivity contribution is 5.34. The van der Waals surface area contributed by atoms with Gasteiger partial charge >= 0.3 is 11.9 Å². The van der Waals surface area contributed by atoms with Crippen molar-refractivity contribution in [3.05, 3.63) is 22.0 Å². The number of nitrogens with zero attached hydrogens (tertiary/aromatic N) is 2. The third kappa shape index (κ3) is 1.82. The van der Waals surface area contributed by atoms with Gasteiger partial charge in [0.1, 0.15) is 11.9 Å². The van der Waals surface area contributed by atoms with Gasteiger partial charge < -0.3 is 5.73 Å². The molecule has 0 aliphatic carbocycles. The lowest BCUT2D eigenvalue weighted by atomic mass is 10.2. The molecule has 0 bridgehead atoms. The van der Waals surface area contributed by atoms with E-state index in [0.29, 0.717) is 6.20 Å². The molecule has 0 amide bonds. The number of alkyl halides is 3. The second kappa shape index (κ2) is 3.25. The van der Waals surface area contributed by atoms with Crippen molar-refractivity contribution in [2.24, 2.45) is 5.73 Å². The lowest BCUT2D eigenvalue weighted by Gasteiger charge is -2.12. The molecular formula is C5H5F3N4O2. The molecule has 0 fully saturated rings. The maximum atomic E-state index is 12.1. The van der Waals surface area contributed by atoms with Crippen LogP contribution in [0.25, 0.3) is 0 Å². The average Bonchev–Trinajstić information content (AvgIpc) is 2.48. The molecule has 1 atom stereocenters. The molecule has 0 saturated heterocycles. The van der Waals surface area contributed by atoms with Crippen LogP contribution >= 0.6 is 0 Å². The zero-order valence-corrected chi connectivity index (χ0v) is 6.58. The predicted octanol–water partition coefficient (Wildman–Crippen LogP) is 0.880. The van der Waals surface area contributed by atoms with Crippen molar-refractivity contribution in [1.29, 1.82) is 0 Å². The Morgan fingerprint density at radius 2 is 2.21 bits per heavy atom. The SMILES string of the molecule is NC(c1[nH]ncc1[N+](=O)[O-])C(F)(F)F. The number of H-pyrrole nitrogens is 1. The predicted molar refractivity (Wildman–Crippen MR) is 38.2 cm³/mol. The topological polar surface area (TPSA) is 97.8 Å². The molecule has 1 aromatic heterocycles. The zero-order chi connectivity index (χ0) is 10.9. The van der Waals surface area contributed by atoms with Gasteiger partial charge in [-0.05, 0) is 0 Å². The summed E-state index contributed by atoms with van der Waals surface area (Å²) in [4.78, 5) is 9.26. The number of aromatic amines is 1. The lowest BCUT2D eigenvalue weighted by molar-refractivity contribution is -0.386. The van der Waals surface area contributed by atoms with Gasteiger partial charge in [-0.25, -0.2) is 0 Å². The van der Waals surface area contributed by atoms with E-state index in [1.807, 2.05) is 5.10 Å². The Morgan fingerprint density at radius 1 is 1.64 bits per heavy atom. The first-order valence-electron chi connectivity index (χ1n) is 3.34. The summed E-state index contributed by atoms with van der Waals surface area (Å²) in [5.41, 5.74) is 3.24. The number of nitrogens with one attached hydrogen (secondary N) is 1. The third-order valence-corrected chi connectivity index (χ3v) is 1.51. The van der Waals surface area contributed by atoms with Gasteiger partial charge in [-0.2, -0.15) is 18.3 Å². The molecule has 1 heterocycles. The molecular weight excluding hydrogens is 205 g/mol. The maximum absolute atomic E-state index is 12.1. The summed E-state index contributed by atoms with van der Waals surface area (Å²) < 4.78 is 36.2. The Kier molecular flexibility index (Phi) is 2.43. The first kappa shape index (κ1) is 10.4. The number of nitro groups is 1. The fourth-order valence-electron chi connectivity index (χ4n) is 0.828. The summed E-state index contributed by atoms with van der Waals surface area (Å²) >= 11 is 0. The molecule has 14 heavy (non-hydrogen) atoms. The van der Waals surface area contributed by atoms with E-state index in [-0.39, 0.29) is 0 Å². The van der Waals surface area contributed by atoms with Crippen LogP contribution < -0.4 is 5.73 Å². The first-order valence-corrected chi connectivity index (χ1v) is 3.34. The number of rotatable bonds is 2. The normalized spacial score (nSPS) is 14.0. The minimum Gasteiger partial charge on any atom is -0.315 e. The molecule has 1 aromatic rings. The summed E-state index contributed by atoms with van der Waals surface area (Å²) in [6.45, 7) is 0. The molecule has 0 aliphatic rings. The molecule has 0 aromatic carbocycles. The van der Waals surface area contributed by atoms with E-state index in [0.717, 1.165) is 0 Å². The highest BCUT2D eigenvalue weighted by Gasteiger charge is 2.42. The number of aromatic nitrogens is 2. The van der Waals surface area contributed by atoms with Gasteiger partial charge in [-0.1, -0.05) is 0 Å². The van der Waals surface area contributed by atoms with E-state index in [1.165, 1.54) is 0 Å². The Bertz CT molecular complexity index is 347. The number of hydrogen-bond acceptors (Lipinski definition) is 4. The van der Waals surface area contributed by atoms with E-state index in [9.17, 15) is 23.3 Å².